The van der Waals surface area contributed by atoms with E-state index in [-0.39, 0.29) is 0 Å². The van der Waals surface area contributed by atoms with Gasteiger partial charge in [-0.3, -0.25) is 4.55 Å². The van der Waals surface area contributed by atoms with Gasteiger partial charge in [-0.15, -0.1) is 4.28 Å². The summed E-state index contributed by atoms with van der Waals surface area (Å²) in [5, 5.41) is 9.03. The summed E-state index contributed by atoms with van der Waals surface area (Å²) in [4.78, 5) is 0. The van der Waals surface area contributed by atoms with Crippen LogP contribution in [0.4, 0.5) is 17.1 Å². The van der Waals surface area contributed by atoms with Crippen molar-refractivity contribution in [2.75, 3.05) is 12.1 Å². The normalized spacial score (nSPS) is 11.7. The molecule has 0 radical (unpaired) electrons. The Labute approximate surface area is 122 Å². The first-order chi connectivity index (χ1) is 9.94. The maximum atomic E-state index is 10.6. The Kier molecular flexibility index (Phi) is 4.63. The molecule has 8 heteroatoms. The molecule has 2 rings (SSSR count). The summed E-state index contributed by atoms with van der Waals surface area (Å²) < 4.78 is 34.1. The lowest BCUT2D eigenvalue weighted by Crippen LogP contribution is -2.21. The number of hydroxylamine groups is 1. The van der Waals surface area contributed by atoms with Crippen molar-refractivity contribution in [1.29, 1.82) is 0 Å². The van der Waals surface area contributed by atoms with Crippen molar-refractivity contribution >= 4 is 27.5 Å². The van der Waals surface area contributed by atoms with Crippen LogP contribution in [0.3, 0.4) is 0 Å². The van der Waals surface area contributed by atoms with Crippen molar-refractivity contribution in [2.24, 2.45) is 10.2 Å². The fourth-order valence-electron chi connectivity index (χ4n) is 1.52. The average Bonchev–Trinajstić information content (AvgIpc) is 2.45. The number of benzene rings is 2. The molecular formula is C13H13N3O4S. The maximum absolute atomic E-state index is 10.6. The Morgan fingerprint density at radius 1 is 0.952 bits per heavy atom. The van der Waals surface area contributed by atoms with E-state index in [4.69, 9.17) is 4.55 Å². The van der Waals surface area contributed by atoms with Crippen LogP contribution in [0.5, 0.6) is 0 Å². The number of hydrogen-bond acceptors (Lipinski definition) is 6. The molecule has 0 aliphatic heterocycles. The molecule has 0 aliphatic rings. The SMILES string of the molecule is CN(OS(=O)(=O)O)c1ccc(N=Nc2ccccc2)cc1. The quantitative estimate of drug-likeness (QED) is 0.520. The number of anilines is 1. The van der Waals surface area contributed by atoms with Crippen LogP contribution in [-0.4, -0.2) is 20.0 Å². The van der Waals surface area contributed by atoms with Crippen LogP contribution in [0.15, 0.2) is 64.8 Å². The molecule has 0 spiro atoms. The van der Waals surface area contributed by atoms with Gasteiger partial charge in [0.05, 0.1) is 17.1 Å². The Balaban J connectivity index is 2.07. The molecule has 0 heterocycles. The van der Waals surface area contributed by atoms with E-state index in [1.165, 1.54) is 7.05 Å². The minimum Gasteiger partial charge on any atom is -0.262 e. The summed E-state index contributed by atoms with van der Waals surface area (Å²) in [7, 11) is -3.19. The molecule has 0 aromatic heterocycles. The van der Waals surface area contributed by atoms with Crippen molar-refractivity contribution in [3.05, 3.63) is 54.6 Å². The second-order valence-corrected chi connectivity index (χ2v) is 5.06. The summed E-state index contributed by atoms with van der Waals surface area (Å²) in [5.41, 5.74) is 1.77. The highest BCUT2D eigenvalue weighted by atomic mass is 32.3. The lowest BCUT2D eigenvalue weighted by Gasteiger charge is -2.15. The number of azo groups is 1. The standard InChI is InChI=1S/C13H13N3O4S/c1-16(20-21(17,18)19)13-9-7-12(8-10-13)15-14-11-5-3-2-4-6-11/h2-10H,1H3,(H,17,18,19). The van der Waals surface area contributed by atoms with E-state index in [1.807, 2.05) is 30.3 Å². The Hall–Kier alpha value is -2.29. The second-order valence-electron chi connectivity index (χ2n) is 4.05. The lowest BCUT2D eigenvalue weighted by molar-refractivity contribution is 0.258. The number of hydrogen-bond donors (Lipinski definition) is 1. The van der Waals surface area contributed by atoms with E-state index in [9.17, 15) is 8.42 Å². The monoisotopic (exact) mass is 307 g/mol. The molecule has 0 saturated carbocycles. The van der Waals surface area contributed by atoms with Crippen molar-refractivity contribution in [2.45, 2.75) is 0 Å². The van der Waals surface area contributed by atoms with Crippen LogP contribution in [0.25, 0.3) is 0 Å². The molecule has 0 saturated heterocycles. The first-order valence-electron chi connectivity index (χ1n) is 5.92. The second kappa shape index (κ2) is 6.44. The van der Waals surface area contributed by atoms with Gasteiger partial charge in [0, 0.05) is 7.05 Å². The number of nitrogens with zero attached hydrogens (tertiary/aromatic N) is 3. The van der Waals surface area contributed by atoms with Gasteiger partial charge in [-0.1, -0.05) is 18.2 Å². The fourth-order valence-corrected chi connectivity index (χ4v) is 1.89. The average molecular weight is 307 g/mol. The topological polar surface area (TPSA) is 91.6 Å². The molecule has 0 bridgehead atoms. The van der Waals surface area contributed by atoms with Crippen molar-refractivity contribution in [1.82, 2.24) is 0 Å². The summed E-state index contributed by atoms with van der Waals surface area (Å²) in [6, 6.07) is 15.7. The molecule has 0 amide bonds. The minimum atomic E-state index is -4.54. The zero-order valence-electron chi connectivity index (χ0n) is 11.1. The van der Waals surface area contributed by atoms with Gasteiger partial charge in [0.2, 0.25) is 0 Å². The van der Waals surface area contributed by atoms with Gasteiger partial charge in [0.15, 0.2) is 0 Å². The molecule has 110 valence electrons. The first-order valence-corrected chi connectivity index (χ1v) is 7.28. The Morgan fingerprint density at radius 3 is 2.00 bits per heavy atom. The third-order valence-corrected chi connectivity index (χ3v) is 2.87. The molecule has 21 heavy (non-hydrogen) atoms. The zero-order valence-corrected chi connectivity index (χ0v) is 11.9. The summed E-state index contributed by atoms with van der Waals surface area (Å²) in [6.07, 6.45) is 0. The predicted octanol–water partition coefficient (Wildman–Crippen LogP) is 3.27. The van der Waals surface area contributed by atoms with Crippen molar-refractivity contribution in [3.8, 4) is 0 Å². The molecule has 0 atom stereocenters. The molecule has 2 aromatic rings. The summed E-state index contributed by atoms with van der Waals surface area (Å²) in [6.45, 7) is 0. The van der Waals surface area contributed by atoms with Gasteiger partial charge in [0.1, 0.15) is 0 Å². The molecule has 7 nitrogen and oxygen atoms in total. The molecule has 2 aromatic carbocycles. The maximum Gasteiger partial charge on any atom is 0.418 e. The van der Waals surface area contributed by atoms with Crippen molar-refractivity contribution in [3.63, 3.8) is 0 Å². The van der Waals surface area contributed by atoms with Gasteiger partial charge in [-0.25, -0.2) is 5.06 Å². The van der Waals surface area contributed by atoms with E-state index < -0.39 is 10.4 Å². The molecule has 1 N–H and O–H groups in total. The Morgan fingerprint density at radius 2 is 1.48 bits per heavy atom. The van der Waals surface area contributed by atoms with Gasteiger partial charge >= 0.3 is 10.4 Å². The van der Waals surface area contributed by atoms with Crippen LogP contribution >= 0.6 is 0 Å². The van der Waals surface area contributed by atoms with Gasteiger partial charge < -0.3 is 0 Å². The van der Waals surface area contributed by atoms with Gasteiger partial charge in [-0.2, -0.15) is 18.6 Å². The van der Waals surface area contributed by atoms with Crippen LogP contribution in [0.2, 0.25) is 0 Å². The minimum absolute atomic E-state index is 0.436. The first kappa shape index (κ1) is 15.1. The molecule has 0 aliphatic carbocycles. The van der Waals surface area contributed by atoms with E-state index in [1.54, 1.807) is 24.3 Å². The zero-order chi connectivity index (χ0) is 15.3. The van der Waals surface area contributed by atoms with E-state index in [0.717, 1.165) is 10.8 Å². The van der Waals surface area contributed by atoms with Crippen LogP contribution in [-0.2, 0) is 14.7 Å². The largest absolute Gasteiger partial charge is 0.418 e. The smallest absolute Gasteiger partial charge is 0.262 e. The highest BCUT2D eigenvalue weighted by Crippen LogP contribution is 2.22. The highest BCUT2D eigenvalue weighted by Gasteiger charge is 2.10. The third-order valence-electron chi connectivity index (χ3n) is 2.46. The van der Waals surface area contributed by atoms with Crippen LogP contribution in [0, 0.1) is 0 Å². The summed E-state index contributed by atoms with van der Waals surface area (Å²) in [5.74, 6) is 0. The Bertz CT molecular complexity index is 715. The molecule has 0 unspecified atom stereocenters. The van der Waals surface area contributed by atoms with Gasteiger partial charge in [-0.05, 0) is 36.4 Å². The molecular weight excluding hydrogens is 294 g/mol. The van der Waals surface area contributed by atoms with E-state index in [0.29, 0.717) is 11.4 Å². The van der Waals surface area contributed by atoms with Crippen molar-refractivity contribution < 1.29 is 17.3 Å². The van der Waals surface area contributed by atoms with Gasteiger partial charge in [0.25, 0.3) is 0 Å². The fraction of sp³-hybridized carbons (Fsp3) is 0.0769. The van der Waals surface area contributed by atoms with Crippen LogP contribution < -0.4 is 5.06 Å². The van der Waals surface area contributed by atoms with E-state index >= 15 is 0 Å². The molecule has 0 fully saturated rings. The predicted molar refractivity (Wildman–Crippen MR) is 78.1 cm³/mol. The lowest BCUT2D eigenvalue weighted by atomic mass is 10.3. The highest BCUT2D eigenvalue weighted by molar-refractivity contribution is 7.80. The van der Waals surface area contributed by atoms with E-state index in [2.05, 4.69) is 14.5 Å². The summed E-state index contributed by atoms with van der Waals surface area (Å²) >= 11 is 0. The number of rotatable bonds is 5. The third kappa shape index (κ3) is 4.95. The van der Waals surface area contributed by atoms with Crippen LogP contribution in [0.1, 0.15) is 0 Å².